The summed E-state index contributed by atoms with van der Waals surface area (Å²) in [5.74, 6) is -0.956. The van der Waals surface area contributed by atoms with Crippen molar-refractivity contribution in [2.75, 3.05) is 11.4 Å². The van der Waals surface area contributed by atoms with Crippen LogP contribution in [0.25, 0.3) is 0 Å². The Morgan fingerprint density at radius 2 is 1.79 bits per heavy atom. The number of carbonyl (C=O) groups is 2. The number of hydrogen-bond acceptors (Lipinski definition) is 5. The smallest absolute Gasteiger partial charge is 0.316 e. The average Bonchev–Trinajstić information content (AvgIpc) is 3.13. The molecule has 2 amide bonds. The second-order valence-electron chi connectivity index (χ2n) is 7.51. The maximum absolute atomic E-state index is 13.1. The maximum Gasteiger partial charge on any atom is 0.316 e. The second kappa shape index (κ2) is 8.55. The van der Waals surface area contributed by atoms with E-state index in [1.54, 1.807) is 35.5 Å². The predicted molar refractivity (Wildman–Crippen MR) is 104 cm³/mol. The van der Waals surface area contributed by atoms with E-state index >= 15 is 0 Å². The van der Waals surface area contributed by atoms with Crippen LogP contribution >= 0.6 is 0 Å². The lowest BCUT2D eigenvalue weighted by Gasteiger charge is -2.29. The fourth-order valence-electron chi connectivity index (χ4n) is 3.89. The number of rotatable bonds is 5. The minimum absolute atomic E-state index is 0.0487. The molecule has 152 valence electrons. The van der Waals surface area contributed by atoms with Crippen LogP contribution in [0.4, 0.5) is 10.1 Å². The SMILES string of the molecule is O=C(NC1CCC(Oc2ncccn2)CC1)C1CC(=O)N(c2ccc(F)cc2)C1. The number of anilines is 1. The number of ether oxygens (including phenoxy) is 1. The van der Waals surface area contributed by atoms with Gasteiger partial charge in [-0.3, -0.25) is 9.59 Å². The first kappa shape index (κ1) is 19.3. The summed E-state index contributed by atoms with van der Waals surface area (Å²) in [6.45, 7) is 0.320. The molecule has 0 spiro atoms. The molecule has 2 heterocycles. The van der Waals surface area contributed by atoms with Crippen molar-refractivity contribution in [3.8, 4) is 6.01 Å². The molecule has 2 fully saturated rings. The Morgan fingerprint density at radius 1 is 1.10 bits per heavy atom. The van der Waals surface area contributed by atoms with E-state index in [4.69, 9.17) is 4.74 Å². The largest absolute Gasteiger partial charge is 0.460 e. The lowest BCUT2D eigenvalue weighted by molar-refractivity contribution is -0.127. The molecule has 8 heteroatoms. The summed E-state index contributed by atoms with van der Waals surface area (Å²) in [6, 6.07) is 7.95. The fraction of sp³-hybridized carbons (Fsp3) is 0.429. The molecule has 1 unspecified atom stereocenters. The third kappa shape index (κ3) is 4.70. The third-order valence-electron chi connectivity index (χ3n) is 5.47. The van der Waals surface area contributed by atoms with E-state index in [1.807, 2.05) is 0 Å². The Hall–Kier alpha value is -3.03. The van der Waals surface area contributed by atoms with Crippen molar-refractivity contribution in [3.63, 3.8) is 0 Å². The zero-order valence-corrected chi connectivity index (χ0v) is 16.0. The summed E-state index contributed by atoms with van der Waals surface area (Å²) in [5, 5.41) is 3.08. The van der Waals surface area contributed by atoms with Gasteiger partial charge in [-0.25, -0.2) is 14.4 Å². The summed E-state index contributed by atoms with van der Waals surface area (Å²) >= 11 is 0. The Kier molecular flexibility index (Phi) is 5.69. The Morgan fingerprint density at radius 3 is 2.48 bits per heavy atom. The molecule has 1 aliphatic carbocycles. The quantitative estimate of drug-likeness (QED) is 0.837. The fourth-order valence-corrected chi connectivity index (χ4v) is 3.89. The maximum atomic E-state index is 13.1. The van der Waals surface area contributed by atoms with Crippen LogP contribution in [0.3, 0.4) is 0 Å². The molecule has 1 aromatic carbocycles. The standard InChI is InChI=1S/C21H23FN4O3/c22-15-2-6-17(7-3-15)26-13-14(12-19(26)27)20(28)25-16-4-8-18(9-5-16)29-21-23-10-1-11-24-21/h1-3,6-7,10-11,14,16,18H,4-5,8-9,12-13H2,(H,25,28). The van der Waals surface area contributed by atoms with E-state index in [9.17, 15) is 14.0 Å². The first-order chi connectivity index (χ1) is 14.1. The van der Waals surface area contributed by atoms with Gasteiger partial charge in [0, 0.05) is 37.1 Å². The van der Waals surface area contributed by atoms with E-state index in [0.717, 1.165) is 25.7 Å². The van der Waals surface area contributed by atoms with Gasteiger partial charge in [-0.15, -0.1) is 0 Å². The number of amides is 2. The summed E-state index contributed by atoms with van der Waals surface area (Å²) < 4.78 is 18.9. The normalized spacial score (nSPS) is 24.4. The van der Waals surface area contributed by atoms with Gasteiger partial charge in [0.1, 0.15) is 11.9 Å². The van der Waals surface area contributed by atoms with Crippen LogP contribution in [0.2, 0.25) is 0 Å². The van der Waals surface area contributed by atoms with Gasteiger partial charge in [0.2, 0.25) is 11.8 Å². The van der Waals surface area contributed by atoms with E-state index in [1.165, 1.54) is 12.1 Å². The van der Waals surface area contributed by atoms with E-state index in [0.29, 0.717) is 18.2 Å². The monoisotopic (exact) mass is 398 g/mol. The van der Waals surface area contributed by atoms with Crippen LogP contribution in [0, 0.1) is 11.7 Å². The number of hydrogen-bond donors (Lipinski definition) is 1. The van der Waals surface area contributed by atoms with Gasteiger partial charge in [-0.05, 0) is 56.0 Å². The highest BCUT2D eigenvalue weighted by atomic mass is 19.1. The average molecular weight is 398 g/mol. The van der Waals surface area contributed by atoms with Gasteiger partial charge >= 0.3 is 6.01 Å². The van der Waals surface area contributed by atoms with Gasteiger partial charge in [-0.1, -0.05) is 0 Å². The van der Waals surface area contributed by atoms with Crippen LogP contribution in [-0.4, -0.2) is 40.5 Å². The third-order valence-corrected chi connectivity index (χ3v) is 5.47. The molecule has 1 atom stereocenters. The molecule has 1 aliphatic heterocycles. The van der Waals surface area contributed by atoms with Crippen LogP contribution in [0.1, 0.15) is 32.1 Å². The topological polar surface area (TPSA) is 84.4 Å². The number of nitrogens with zero attached hydrogens (tertiary/aromatic N) is 3. The minimum Gasteiger partial charge on any atom is -0.460 e. The summed E-state index contributed by atoms with van der Waals surface area (Å²) in [5.41, 5.74) is 0.618. The van der Waals surface area contributed by atoms with Gasteiger partial charge in [0.05, 0.1) is 5.92 Å². The molecular formula is C21H23FN4O3. The molecule has 4 rings (SSSR count). The van der Waals surface area contributed by atoms with Crippen LogP contribution in [0.15, 0.2) is 42.7 Å². The Bertz CT molecular complexity index is 854. The number of nitrogens with one attached hydrogen (secondary N) is 1. The summed E-state index contributed by atoms with van der Waals surface area (Å²) in [4.78, 5) is 34.7. The molecule has 29 heavy (non-hydrogen) atoms. The Balaban J connectivity index is 1.26. The highest BCUT2D eigenvalue weighted by Crippen LogP contribution is 2.27. The molecular weight excluding hydrogens is 375 g/mol. The predicted octanol–water partition coefficient (Wildman–Crippen LogP) is 2.47. The summed E-state index contributed by atoms with van der Waals surface area (Å²) in [7, 11) is 0. The van der Waals surface area contributed by atoms with Crippen molar-refractivity contribution in [1.29, 1.82) is 0 Å². The second-order valence-corrected chi connectivity index (χ2v) is 7.51. The van der Waals surface area contributed by atoms with Crippen molar-refractivity contribution < 1.29 is 18.7 Å². The van der Waals surface area contributed by atoms with Crippen molar-refractivity contribution in [2.24, 2.45) is 5.92 Å². The zero-order chi connectivity index (χ0) is 20.2. The van der Waals surface area contributed by atoms with Crippen molar-refractivity contribution in [3.05, 3.63) is 48.5 Å². The Labute approximate surface area is 168 Å². The molecule has 1 saturated carbocycles. The highest BCUT2D eigenvalue weighted by molar-refractivity contribution is 6.00. The van der Waals surface area contributed by atoms with Crippen molar-refractivity contribution >= 4 is 17.5 Å². The highest BCUT2D eigenvalue weighted by Gasteiger charge is 2.36. The van der Waals surface area contributed by atoms with E-state index in [-0.39, 0.29) is 42.1 Å². The first-order valence-corrected chi connectivity index (χ1v) is 9.88. The van der Waals surface area contributed by atoms with Crippen LogP contribution < -0.4 is 15.0 Å². The molecule has 0 bridgehead atoms. The van der Waals surface area contributed by atoms with E-state index in [2.05, 4.69) is 15.3 Å². The molecule has 1 aromatic heterocycles. The van der Waals surface area contributed by atoms with Crippen LogP contribution in [0.5, 0.6) is 6.01 Å². The lowest BCUT2D eigenvalue weighted by atomic mass is 9.92. The number of carbonyl (C=O) groups excluding carboxylic acids is 2. The van der Waals surface area contributed by atoms with Gasteiger partial charge in [0.25, 0.3) is 0 Å². The van der Waals surface area contributed by atoms with Gasteiger partial charge in [-0.2, -0.15) is 0 Å². The molecule has 2 aromatic rings. The minimum atomic E-state index is -0.390. The number of benzene rings is 1. The van der Waals surface area contributed by atoms with Gasteiger partial charge < -0.3 is 15.0 Å². The number of halogens is 1. The zero-order valence-electron chi connectivity index (χ0n) is 16.0. The summed E-state index contributed by atoms with van der Waals surface area (Å²) in [6.07, 6.45) is 6.76. The van der Waals surface area contributed by atoms with Crippen molar-refractivity contribution in [2.45, 2.75) is 44.2 Å². The number of aromatic nitrogens is 2. The van der Waals surface area contributed by atoms with Crippen molar-refractivity contribution in [1.82, 2.24) is 15.3 Å². The first-order valence-electron chi connectivity index (χ1n) is 9.88. The molecule has 7 nitrogen and oxygen atoms in total. The molecule has 1 N–H and O–H groups in total. The van der Waals surface area contributed by atoms with Crippen LogP contribution in [-0.2, 0) is 9.59 Å². The molecule has 0 radical (unpaired) electrons. The molecule has 1 saturated heterocycles. The van der Waals surface area contributed by atoms with Gasteiger partial charge in [0.15, 0.2) is 0 Å². The van der Waals surface area contributed by atoms with E-state index < -0.39 is 0 Å². The molecule has 2 aliphatic rings. The lowest BCUT2D eigenvalue weighted by Crippen LogP contribution is -2.43.